The summed E-state index contributed by atoms with van der Waals surface area (Å²) < 4.78 is 38.6. The second kappa shape index (κ2) is 16.2. The van der Waals surface area contributed by atoms with E-state index in [-0.39, 0.29) is 35.7 Å². The van der Waals surface area contributed by atoms with Gasteiger partial charge in [0.05, 0.1) is 25.2 Å². The lowest BCUT2D eigenvalue weighted by molar-refractivity contribution is -0.141. The van der Waals surface area contributed by atoms with Crippen LogP contribution in [-0.2, 0) is 43.7 Å². The van der Waals surface area contributed by atoms with Gasteiger partial charge in [-0.15, -0.1) is 0 Å². The van der Waals surface area contributed by atoms with Crippen LogP contribution in [-0.4, -0.2) is 88.6 Å². The predicted octanol–water partition coefficient (Wildman–Crippen LogP) is 3.16. The van der Waals surface area contributed by atoms with Crippen molar-refractivity contribution in [2.45, 2.75) is 55.6 Å². The molecule has 246 valence electrons. The number of nitrogens with zero attached hydrogens (tertiary/aromatic N) is 2. The first-order chi connectivity index (χ1) is 22.3. The fourth-order valence-electron chi connectivity index (χ4n) is 5.48. The molecule has 1 unspecified atom stereocenters. The van der Waals surface area contributed by atoms with Crippen molar-refractivity contribution in [3.63, 3.8) is 0 Å². The van der Waals surface area contributed by atoms with Crippen LogP contribution < -0.4 is 14.8 Å². The van der Waals surface area contributed by atoms with Gasteiger partial charge in [-0.1, -0.05) is 54.6 Å². The summed E-state index contributed by atoms with van der Waals surface area (Å²) in [4.78, 5) is 32.1. The van der Waals surface area contributed by atoms with E-state index in [0.29, 0.717) is 44.9 Å². The van der Waals surface area contributed by atoms with Crippen LogP contribution >= 0.6 is 0 Å². The first kappa shape index (κ1) is 33.6. The quantitative estimate of drug-likeness (QED) is 0.245. The minimum Gasteiger partial charge on any atom is -0.497 e. The Bertz CT molecular complexity index is 1520. The number of rotatable bonds is 16. The summed E-state index contributed by atoms with van der Waals surface area (Å²) in [7, 11) is -1.95. The molecule has 11 heteroatoms. The Labute approximate surface area is 272 Å². The van der Waals surface area contributed by atoms with Gasteiger partial charge >= 0.3 is 0 Å². The molecule has 0 radical (unpaired) electrons. The van der Waals surface area contributed by atoms with Crippen LogP contribution in [0.5, 0.6) is 5.75 Å². The molecule has 10 nitrogen and oxygen atoms in total. The normalized spacial score (nSPS) is 16.0. The second-order valence-corrected chi connectivity index (χ2v) is 13.6. The monoisotopic (exact) mass is 648 g/mol. The number of benzene rings is 3. The highest BCUT2D eigenvalue weighted by atomic mass is 32.2. The number of aryl methyl sites for hydroxylation is 1. The number of hydrogen-bond acceptors (Lipinski definition) is 7. The topological polar surface area (TPSA) is 117 Å². The van der Waals surface area contributed by atoms with Crippen LogP contribution in [0, 0.1) is 0 Å². The molecular weight excluding hydrogens is 604 g/mol. The fraction of sp³-hybridized carbons (Fsp3) is 0.429. The summed E-state index contributed by atoms with van der Waals surface area (Å²) >= 11 is 0. The van der Waals surface area contributed by atoms with E-state index in [2.05, 4.69) is 14.9 Å². The van der Waals surface area contributed by atoms with Gasteiger partial charge in [0, 0.05) is 51.6 Å². The average molecular weight is 649 g/mol. The van der Waals surface area contributed by atoms with E-state index in [1.807, 2.05) is 54.6 Å². The molecule has 0 spiro atoms. The number of morpholine rings is 1. The number of amides is 2. The summed E-state index contributed by atoms with van der Waals surface area (Å²) in [6.07, 6.45) is 2.67. The third-order valence-corrected chi connectivity index (χ3v) is 9.91. The molecule has 1 aliphatic heterocycles. The smallest absolute Gasteiger partial charge is 0.243 e. The molecule has 1 heterocycles. The number of carbonyl (C=O) groups is 2. The Morgan fingerprint density at radius 2 is 1.61 bits per heavy atom. The Hall–Kier alpha value is -3.77. The van der Waals surface area contributed by atoms with Gasteiger partial charge in [0.25, 0.3) is 0 Å². The lowest BCUT2D eigenvalue weighted by Gasteiger charge is -2.32. The number of methoxy groups -OCH3 is 1. The molecular formula is C35H44N4O6S. The zero-order valence-electron chi connectivity index (χ0n) is 26.4. The molecule has 2 aliphatic rings. The number of carbonyl (C=O) groups excluding carboxylic acids is 2. The Balaban J connectivity index is 1.32. The largest absolute Gasteiger partial charge is 0.497 e. The average Bonchev–Trinajstić information content (AvgIpc) is 3.90. The Morgan fingerprint density at radius 3 is 2.26 bits per heavy atom. The molecule has 2 amide bonds. The minimum atomic E-state index is -3.55. The van der Waals surface area contributed by atoms with Crippen LogP contribution in [0.15, 0.2) is 83.8 Å². The van der Waals surface area contributed by atoms with Crippen molar-refractivity contribution in [1.82, 2.24) is 19.8 Å². The molecule has 5 rings (SSSR count). The Morgan fingerprint density at radius 1 is 0.935 bits per heavy atom. The molecule has 3 aromatic rings. The van der Waals surface area contributed by atoms with Gasteiger partial charge in [0.2, 0.25) is 21.8 Å². The molecule has 0 aromatic heterocycles. The van der Waals surface area contributed by atoms with E-state index in [4.69, 9.17) is 9.47 Å². The van der Waals surface area contributed by atoms with Gasteiger partial charge < -0.3 is 19.7 Å². The minimum absolute atomic E-state index is 0.0272. The lowest BCUT2D eigenvalue weighted by Crippen LogP contribution is -2.52. The maximum atomic E-state index is 14.0. The summed E-state index contributed by atoms with van der Waals surface area (Å²) in [6, 6.07) is 23.2. The van der Waals surface area contributed by atoms with Gasteiger partial charge in [0.1, 0.15) is 11.8 Å². The molecule has 1 saturated heterocycles. The van der Waals surface area contributed by atoms with Crippen molar-refractivity contribution in [3.8, 4) is 5.75 Å². The van der Waals surface area contributed by atoms with E-state index in [0.717, 1.165) is 42.6 Å². The fourth-order valence-corrected chi connectivity index (χ4v) is 6.79. The predicted molar refractivity (Wildman–Crippen MR) is 176 cm³/mol. The SMILES string of the molecule is COc1ccc(CN(C(=O)CCc2ccc(S(=O)(=O)NC3CC3)cc2)C(Cc2ccccc2)C(=O)NCCN2CCOCC2)cc1. The molecule has 1 saturated carbocycles. The zero-order valence-corrected chi connectivity index (χ0v) is 27.2. The lowest BCUT2D eigenvalue weighted by atomic mass is 10.0. The summed E-state index contributed by atoms with van der Waals surface area (Å²) in [5.74, 6) is 0.352. The molecule has 0 bridgehead atoms. The highest BCUT2D eigenvalue weighted by molar-refractivity contribution is 7.89. The van der Waals surface area contributed by atoms with Crippen molar-refractivity contribution in [2.24, 2.45) is 0 Å². The second-order valence-electron chi connectivity index (χ2n) is 11.9. The summed E-state index contributed by atoms with van der Waals surface area (Å²) in [5, 5.41) is 3.10. The summed E-state index contributed by atoms with van der Waals surface area (Å²) in [6.45, 7) is 4.46. The van der Waals surface area contributed by atoms with E-state index in [1.165, 1.54) is 0 Å². The number of ether oxygens (including phenoxy) is 2. The first-order valence-corrected chi connectivity index (χ1v) is 17.4. The van der Waals surface area contributed by atoms with Gasteiger partial charge in [0.15, 0.2) is 0 Å². The highest BCUT2D eigenvalue weighted by Crippen LogP contribution is 2.23. The van der Waals surface area contributed by atoms with Gasteiger partial charge in [-0.05, 0) is 60.2 Å². The third-order valence-electron chi connectivity index (χ3n) is 8.37. The van der Waals surface area contributed by atoms with Gasteiger partial charge in [-0.25, -0.2) is 13.1 Å². The van der Waals surface area contributed by atoms with E-state index < -0.39 is 16.1 Å². The van der Waals surface area contributed by atoms with Crippen LogP contribution in [0.2, 0.25) is 0 Å². The van der Waals surface area contributed by atoms with Crippen molar-refractivity contribution in [3.05, 3.63) is 95.6 Å². The van der Waals surface area contributed by atoms with Crippen LogP contribution in [0.25, 0.3) is 0 Å². The van der Waals surface area contributed by atoms with Crippen molar-refractivity contribution >= 4 is 21.8 Å². The molecule has 1 aliphatic carbocycles. The Kier molecular flexibility index (Phi) is 11.8. The van der Waals surface area contributed by atoms with Crippen molar-refractivity contribution in [1.29, 1.82) is 0 Å². The molecule has 1 atom stereocenters. The molecule has 2 fully saturated rings. The standard InChI is InChI=1S/C35H44N4O6S/c1-44-31-14-7-29(8-15-31)26-39(34(40)18-11-27-9-16-32(17-10-27)46(42,43)37-30-12-13-30)33(25-28-5-3-2-4-6-28)35(41)36-19-20-38-21-23-45-24-22-38/h2-10,14-17,30,33,37H,11-13,18-26H2,1H3,(H,36,41). The van der Waals surface area contributed by atoms with Crippen LogP contribution in [0.1, 0.15) is 36.0 Å². The van der Waals surface area contributed by atoms with Crippen molar-refractivity contribution < 1.29 is 27.5 Å². The first-order valence-electron chi connectivity index (χ1n) is 16.0. The third kappa shape index (κ3) is 9.86. The van der Waals surface area contributed by atoms with Gasteiger partial charge in [-0.3, -0.25) is 14.5 Å². The number of sulfonamides is 1. The van der Waals surface area contributed by atoms with E-state index in [9.17, 15) is 18.0 Å². The number of hydrogen-bond donors (Lipinski definition) is 2. The van der Waals surface area contributed by atoms with Crippen molar-refractivity contribution in [2.75, 3.05) is 46.5 Å². The highest BCUT2D eigenvalue weighted by Gasteiger charge is 2.31. The maximum Gasteiger partial charge on any atom is 0.243 e. The van der Waals surface area contributed by atoms with E-state index in [1.54, 1.807) is 36.3 Å². The molecule has 2 N–H and O–H groups in total. The van der Waals surface area contributed by atoms with E-state index >= 15 is 0 Å². The maximum absolute atomic E-state index is 14.0. The molecule has 3 aromatic carbocycles. The van der Waals surface area contributed by atoms with Crippen LogP contribution in [0.4, 0.5) is 0 Å². The van der Waals surface area contributed by atoms with Crippen LogP contribution in [0.3, 0.4) is 0 Å². The number of nitrogens with one attached hydrogen (secondary N) is 2. The summed E-state index contributed by atoms with van der Waals surface area (Å²) in [5.41, 5.74) is 2.68. The molecule has 46 heavy (non-hydrogen) atoms. The zero-order chi connectivity index (χ0) is 32.4. The van der Waals surface area contributed by atoms with Gasteiger partial charge in [-0.2, -0.15) is 0 Å².